The first-order valence-electron chi connectivity index (χ1n) is 14.4. The minimum Gasteiger partial charge on any atom is -0.505 e. The molecule has 0 unspecified atom stereocenters. The summed E-state index contributed by atoms with van der Waals surface area (Å²) in [5, 5.41) is 36.3. The van der Waals surface area contributed by atoms with Crippen molar-refractivity contribution in [2.75, 3.05) is 41.8 Å². The van der Waals surface area contributed by atoms with Gasteiger partial charge in [0.05, 0.1) is 40.7 Å². The zero-order valence-electron chi connectivity index (χ0n) is 26.3. The van der Waals surface area contributed by atoms with Crippen LogP contribution in [0.2, 0.25) is 0 Å². The predicted molar refractivity (Wildman–Crippen MR) is 176 cm³/mol. The highest BCUT2D eigenvalue weighted by Gasteiger charge is 2.24. The number of anilines is 5. The number of rotatable bonds is 12. The van der Waals surface area contributed by atoms with E-state index in [1.165, 1.54) is 0 Å². The van der Waals surface area contributed by atoms with Crippen molar-refractivity contribution in [2.45, 2.75) is 14.7 Å². The molecule has 3 heterocycles. The number of nitrogens with zero attached hydrogens (tertiary/aromatic N) is 9. The minimum absolute atomic E-state index is 0.112. The molecule has 0 spiro atoms. The number of morpholine rings is 1. The summed E-state index contributed by atoms with van der Waals surface area (Å²) < 4.78 is 120. The molecule has 2 aromatic heterocycles. The summed E-state index contributed by atoms with van der Waals surface area (Å²) in [4.78, 5) is 20.4. The van der Waals surface area contributed by atoms with Crippen LogP contribution in [0.3, 0.4) is 0 Å². The number of hydrogen-bond donors (Lipinski definition) is 6. The Morgan fingerprint density at radius 2 is 1.50 bits per heavy atom. The van der Waals surface area contributed by atoms with Gasteiger partial charge in [-0.05, 0) is 41.8 Å². The van der Waals surface area contributed by atoms with Crippen LogP contribution in [0, 0.1) is 18.2 Å². The fraction of sp³-hybridized carbons (Fsp3) is 0.154. The van der Waals surface area contributed by atoms with E-state index in [1.54, 1.807) is 4.90 Å². The van der Waals surface area contributed by atoms with Crippen molar-refractivity contribution < 1.29 is 63.6 Å². The normalized spacial score (nSPS) is 13.9. The quantitative estimate of drug-likeness (QED) is 0.0341. The van der Waals surface area contributed by atoms with E-state index >= 15 is 0 Å². The van der Waals surface area contributed by atoms with Gasteiger partial charge in [0.25, 0.3) is 20.2 Å². The molecule has 0 aliphatic carbocycles. The third-order valence-electron chi connectivity index (χ3n) is 7.04. The Hall–Kier alpha value is -5.46. The van der Waals surface area contributed by atoms with Crippen LogP contribution >= 0.6 is 12.0 Å². The van der Waals surface area contributed by atoms with Crippen LogP contribution < -0.4 is 15.5 Å². The van der Waals surface area contributed by atoms with Crippen molar-refractivity contribution in [1.29, 1.82) is 0 Å². The van der Waals surface area contributed by atoms with E-state index in [2.05, 4.69) is 60.1 Å². The Bertz CT molecular complexity index is 2500. The Kier molecular flexibility index (Phi) is 11.0. The average Bonchev–Trinajstić information content (AvgIpc) is 3.09. The number of nitrogens with one attached hydrogen (secondary N) is 2. The second kappa shape index (κ2) is 15.5. The van der Waals surface area contributed by atoms with Gasteiger partial charge in [0.2, 0.25) is 17.8 Å². The third-order valence-corrected chi connectivity index (χ3v) is 9.40. The number of fused-ring (bicyclic) bond motifs is 1. The Balaban J connectivity index is 1.50. The second-order valence-corrected chi connectivity index (χ2v) is 14.0. The number of aromatic hydroxyl groups is 1. The average molecular weight is 816 g/mol. The Morgan fingerprint density at radius 3 is 2.15 bits per heavy atom. The first-order valence-corrected chi connectivity index (χ1v) is 18.1. The maximum absolute atomic E-state index is 14.6. The van der Waals surface area contributed by atoms with Gasteiger partial charge < -0.3 is 25.4 Å². The smallest absolute Gasteiger partial charge is 0.315 e. The van der Waals surface area contributed by atoms with Crippen LogP contribution in [-0.2, 0) is 34.3 Å². The van der Waals surface area contributed by atoms with Crippen molar-refractivity contribution in [3.8, 4) is 5.75 Å². The number of ether oxygens (including phenoxy) is 1. The molecule has 0 radical (unpaired) electrons. The standard InChI is InChI=1S/C26H20F3N11O11S3/c27-21-32-22(28)34-24(33-21)30-12-1-2-17(54(46,47)48)14(9-12)38-39-19-16(52-51-50-42)8-11-7-13(53(43,44)45)10-15(18(11)20(19)41)31-25-35-23(29)36-26(37-25)40-3-5-49-6-4-40/h1-2,7-10,41-42H,3-6H2,(H,43,44,45)(H,46,47,48)(H,30,32,33,34)(H,31,35,36,37). The van der Waals surface area contributed by atoms with E-state index in [0.717, 1.165) is 36.4 Å². The van der Waals surface area contributed by atoms with Crippen LogP contribution in [0.4, 0.5) is 53.8 Å². The summed E-state index contributed by atoms with van der Waals surface area (Å²) in [6, 6.07) is 5.65. The Morgan fingerprint density at radius 1 is 0.833 bits per heavy atom. The van der Waals surface area contributed by atoms with Crippen LogP contribution in [0.25, 0.3) is 10.8 Å². The van der Waals surface area contributed by atoms with Crippen LogP contribution in [0.1, 0.15) is 0 Å². The molecule has 22 nitrogen and oxygen atoms in total. The van der Waals surface area contributed by atoms with Crippen molar-refractivity contribution in [1.82, 2.24) is 29.9 Å². The fourth-order valence-corrected chi connectivity index (χ4v) is 6.49. The highest BCUT2D eigenvalue weighted by molar-refractivity contribution is 7.94. The number of hydrogen-bond acceptors (Lipinski definition) is 21. The highest BCUT2D eigenvalue weighted by Crippen LogP contribution is 2.48. The summed E-state index contributed by atoms with van der Waals surface area (Å²) >= 11 is 0.181. The van der Waals surface area contributed by atoms with Gasteiger partial charge in [0, 0.05) is 24.2 Å². The second-order valence-electron chi connectivity index (χ2n) is 10.5. The molecule has 0 amide bonds. The summed E-state index contributed by atoms with van der Waals surface area (Å²) in [7, 11) is -9.97. The minimum atomic E-state index is -5.02. The molecule has 3 aromatic carbocycles. The SMILES string of the molecule is O=S(=O)(O)c1cc(Nc2nc(F)nc(N3CCOCC3)n2)c2c(O)c(N=Nc3cc(Nc4nc(F)nc(F)n4)ccc3S(=O)(=O)O)c(SOOO)cc2c1. The molecule has 28 heteroatoms. The van der Waals surface area contributed by atoms with E-state index in [1.807, 2.05) is 0 Å². The molecule has 1 aliphatic heterocycles. The molecule has 284 valence electrons. The zero-order valence-corrected chi connectivity index (χ0v) is 28.8. The van der Waals surface area contributed by atoms with Gasteiger partial charge in [-0.2, -0.15) is 59.9 Å². The van der Waals surface area contributed by atoms with E-state index < -0.39 is 77.3 Å². The van der Waals surface area contributed by atoms with Gasteiger partial charge in [-0.1, -0.05) is 5.04 Å². The molecule has 1 aliphatic rings. The number of aromatic nitrogens is 6. The maximum atomic E-state index is 14.6. The first kappa shape index (κ1) is 38.3. The molecule has 0 atom stereocenters. The van der Waals surface area contributed by atoms with Crippen LogP contribution in [0.5, 0.6) is 5.75 Å². The first-order chi connectivity index (χ1) is 25.6. The van der Waals surface area contributed by atoms with Gasteiger partial charge >= 0.3 is 18.2 Å². The topological polar surface area (TPSA) is 306 Å². The lowest BCUT2D eigenvalue weighted by Gasteiger charge is -2.26. The van der Waals surface area contributed by atoms with E-state index in [9.17, 15) is 44.2 Å². The highest BCUT2D eigenvalue weighted by atomic mass is 32.2. The molecule has 54 heavy (non-hydrogen) atoms. The summed E-state index contributed by atoms with van der Waals surface area (Å²) in [5.41, 5.74) is -1.71. The van der Waals surface area contributed by atoms with Gasteiger partial charge in [-0.25, -0.2) is 5.26 Å². The van der Waals surface area contributed by atoms with Crippen molar-refractivity contribution in [3.63, 3.8) is 0 Å². The van der Waals surface area contributed by atoms with E-state index in [0.29, 0.717) is 26.3 Å². The molecule has 6 rings (SSSR count). The van der Waals surface area contributed by atoms with Gasteiger partial charge in [0.15, 0.2) is 5.75 Å². The van der Waals surface area contributed by atoms with E-state index in [-0.39, 0.29) is 45.0 Å². The number of azo groups is 1. The number of phenolic OH excluding ortho intramolecular Hbond substituents is 1. The lowest BCUT2D eigenvalue weighted by molar-refractivity contribution is -0.432. The molecule has 1 saturated heterocycles. The summed E-state index contributed by atoms with van der Waals surface area (Å²) in [6.45, 7) is 1.18. The third kappa shape index (κ3) is 8.83. The number of phenols is 1. The van der Waals surface area contributed by atoms with Gasteiger partial charge in [-0.3, -0.25) is 9.11 Å². The summed E-state index contributed by atoms with van der Waals surface area (Å²) in [5.74, 6) is -2.09. The molecule has 5 aromatic rings. The fourth-order valence-electron chi connectivity index (χ4n) is 4.85. The lowest BCUT2D eigenvalue weighted by Crippen LogP contribution is -2.37. The molecule has 0 bridgehead atoms. The van der Waals surface area contributed by atoms with Crippen LogP contribution in [0.15, 0.2) is 61.3 Å². The number of halogens is 3. The molecular formula is C26H20F3N11O11S3. The summed E-state index contributed by atoms with van der Waals surface area (Å²) in [6.07, 6.45) is -4.21. The maximum Gasteiger partial charge on any atom is 0.315 e. The number of benzene rings is 3. The van der Waals surface area contributed by atoms with Gasteiger partial charge in [0.1, 0.15) is 16.3 Å². The monoisotopic (exact) mass is 815 g/mol. The molecule has 6 N–H and O–H groups in total. The van der Waals surface area contributed by atoms with Gasteiger partial charge in [-0.15, -0.1) is 14.6 Å². The molecular weight excluding hydrogens is 796 g/mol. The molecule has 0 saturated carbocycles. The van der Waals surface area contributed by atoms with Crippen LogP contribution in [-0.4, -0.2) is 92.5 Å². The predicted octanol–water partition coefficient (Wildman–Crippen LogP) is 3.99. The van der Waals surface area contributed by atoms with Crippen molar-refractivity contribution in [2.24, 2.45) is 10.2 Å². The largest absolute Gasteiger partial charge is 0.505 e. The van der Waals surface area contributed by atoms with Crippen molar-refractivity contribution in [3.05, 3.63) is 54.6 Å². The van der Waals surface area contributed by atoms with Crippen molar-refractivity contribution >= 4 is 83.6 Å². The lowest BCUT2D eigenvalue weighted by atomic mass is 10.1. The molecule has 1 fully saturated rings. The Labute approximate surface area is 303 Å². The van der Waals surface area contributed by atoms with E-state index in [4.69, 9.17) is 9.99 Å². The zero-order chi connectivity index (χ0) is 38.8.